The topological polar surface area (TPSA) is 92.5 Å². The minimum atomic E-state index is -3.62. The van der Waals surface area contributed by atoms with Crippen molar-refractivity contribution < 1.29 is 13.2 Å². The highest BCUT2D eigenvalue weighted by molar-refractivity contribution is 7.89. The number of amides is 1. The normalized spacial score (nSPS) is 21.3. The zero-order chi connectivity index (χ0) is 16.3. The summed E-state index contributed by atoms with van der Waals surface area (Å²) < 4.78 is 27.6. The summed E-state index contributed by atoms with van der Waals surface area (Å²) >= 11 is 0. The van der Waals surface area contributed by atoms with Gasteiger partial charge in [0.25, 0.3) is 5.91 Å². The number of nitrogens with zero attached hydrogens (tertiary/aromatic N) is 1. The van der Waals surface area contributed by atoms with Crippen LogP contribution in [0.2, 0.25) is 0 Å². The summed E-state index contributed by atoms with van der Waals surface area (Å²) in [6, 6.07) is 6.20. The molecule has 1 aliphatic carbocycles. The van der Waals surface area contributed by atoms with Crippen molar-refractivity contribution in [2.75, 3.05) is 14.1 Å². The lowest BCUT2D eigenvalue weighted by atomic mass is 9.93. The van der Waals surface area contributed by atoms with Crippen LogP contribution in [0, 0.1) is 0 Å². The van der Waals surface area contributed by atoms with Crippen LogP contribution in [-0.2, 0) is 10.0 Å². The van der Waals surface area contributed by atoms with Crippen LogP contribution in [-0.4, -0.2) is 45.4 Å². The van der Waals surface area contributed by atoms with E-state index in [0.717, 1.165) is 25.7 Å². The Labute approximate surface area is 143 Å². The molecule has 1 aromatic rings. The summed E-state index contributed by atoms with van der Waals surface area (Å²) in [5.41, 5.74) is 6.19. The van der Waals surface area contributed by atoms with E-state index in [1.54, 1.807) is 26.2 Å². The predicted molar refractivity (Wildman–Crippen MR) is 92.3 cm³/mol. The maximum atomic E-state index is 12.5. The lowest BCUT2D eigenvalue weighted by Gasteiger charge is -2.26. The standard InChI is InChI=1S/C15H23N3O3S.ClH/c1-18(2)15(19)11-4-3-5-14(10-11)22(20,21)17-13-8-6-12(16)7-9-13;/h3-5,10,12-13,17H,6-9,16H2,1-2H3;1H. The quantitative estimate of drug-likeness (QED) is 0.846. The number of nitrogens with two attached hydrogens (primary N) is 1. The molecule has 0 bridgehead atoms. The van der Waals surface area contributed by atoms with E-state index in [1.807, 2.05) is 0 Å². The number of rotatable bonds is 4. The molecule has 130 valence electrons. The van der Waals surface area contributed by atoms with Gasteiger partial charge in [0.05, 0.1) is 4.90 Å². The largest absolute Gasteiger partial charge is 0.345 e. The van der Waals surface area contributed by atoms with Crippen LogP contribution >= 0.6 is 12.4 Å². The van der Waals surface area contributed by atoms with Crippen molar-refractivity contribution in [1.82, 2.24) is 9.62 Å². The molecule has 8 heteroatoms. The van der Waals surface area contributed by atoms with Gasteiger partial charge in [-0.1, -0.05) is 6.07 Å². The van der Waals surface area contributed by atoms with E-state index in [9.17, 15) is 13.2 Å². The van der Waals surface area contributed by atoms with E-state index in [4.69, 9.17) is 5.73 Å². The number of sulfonamides is 1. The average Bonchev–Trinajstić information content (AvgIpc) is 2.48. The Morgan fingerprint density at radius 3 is 2.39 bits per heavy atom. The fraction of sp³-hybridized carbons (Fsp3) is 0.533. The first kappa shape index (κ1) is 19.9. The monoisotopic (exact) mass is 361 g/mol. The maximum Gasteiger partial charge on any atom is 0.253 e. The first-order valence-electron chi connectivity index (χ1n) is 7.39. The second-order valence-corrected chi connectivity index (χ2v) is 7.67. The smallest absolute Gasteiger partial charge is 0.253 e. The fourth-order valence-corrected chi connectivity index (χ4v) is 3.93. The molecule has 0 atom stereocenters. The van der Waals surface area contributed by atoms with E-state index in [1.165, 1.54) is 17.0 Å². The number of halogens is 1. The molecule has 6 nitrogen and oxygen atoms in total. The Balaban J connectivity index is 0.00000264. The van der Waals surface area contributed by atoms with Gasteiger partial charge in [-0.15, -0.1) is 12.4 Å². The van der Waals surface area contributed by atoms with Gasteiger partial charge < -0.3 is 10.6 Å². The highest BCUT2D eigenvalue weighted by atomic mass is 35.5. The van der Waals surface area contributed by atoms with Gasteiger partial charge in [-0.05, 0) is 43.9 Å². The highest BCUT2D eigenvalue weighted by Gasteiger charge is 2.24. The molecule has 0 unspecified atom stereocenters. The van der Waals surface area contributed by atoms with Crippen LogP contribution in [0.1, 0.15) is 36.0 Å². The van der Waals surface area contributed by atoms with Crippen molar-refractivity contribution >= 4 is 28.3 Å². The van der Waals surface area contributed by atoms with E-state index in [2.05, 4.69) is 4.72 Å². The van der Waals surface area contributed by atoms with Gasteiger partial charge in [0.1, 0.15) is 0 Å². The van der Waals surface area contributed by atoms with Crippen molar-refractivity contribution in [3.05, 3.63) is 29.8 Å². The van der Waals surface area contributed by atoms with Gasteiger partial charge >= 0.3 is 0 Å². The fourth-order valence-electron chi connectivity index (χ4n) is 2.58. The number of nitrogens with one attached hydrogen (secondary N) is 1. The average molecular weight is 362 g/mol. The molecule has 0 saturated heterocycles. The minimum Gasteiger partial charge on any atom is -0.345 e. The van der Waals surface area contributed by atoms with Crippen LogP contribution in [0.4, 0.5) is 0 Å². The van der Waals surface area contributed by atoms with Crippen LogP contribution < -0.4 is 10.5 Å². The number of hydrogen-bond donors (Lipinski definition) is 2. The Morgan fingerprint density at radius 2 is 1.83 bits per heavy atom. The van der Waals surface area contributed by atoms with Gasteiger partial charge in [0.15, 0.2) is 0 Å². The lowest BCUT2D eigenvalue weighted by Crippen LogP contribution is -2.40. The number of hydrogen-bond acceptors (Lipinski definition) is 4. The zero-order valence-electron chi connectivity index (χ0n) is 13.4. The molecule has 0 spiro atoms. The van der Waals surface area contributed by atoms with E-state index in [0.29, 0.717) is 5.56 Å². The summed E-state index contributed by atoms with van der Waals surface area (Å²) in [6.07, 6.45) is 3.14. The maximum absolute atomic E-state index is 12.5. The molecule has 0 heterocycles. The molecule has 0 aromatic heterocycles. The van der Waals surface area contributed by atoms with Gasteiger partial charge in [-0.25, -0.2) is 13.1 Å². The number of carbonyl (C=O) groups is 1. The van der Waals surface area contributed by atoms with Crippen molar-refractivity contribution in [1.29, 1.82) is 0 Å². The Kier molecular flexibility index (Phi) is 7.01. The minimum absolute atomic E-state index is 0. The summed E-state index contributed by atoms with van der Waals surface area (Å²) in [4.78, 5) is 13.5. The highest BCUT2D eigenvalue weighted by Crippen LogP contribution is 2.20. The SMILES string of the molecule is CN(C)C(=O)c1cccc(S(=O)(=O)NC2CCC(N)CC2)c1.Cl. The molecule has 1 saturated carbocycles. The van der Waals surface area contributed by atoms with Crippen molar-refractivity contribution in [3.63, 3.8) is 0 Å². The van der Waals surface area contributed by atoms with Crippen molar-refractivity contribution in [2.24, 2.45) is 5.73 Å². The molecule has 2 rings (SSSR count). The number of carbonyl (C=O) groups excluding carboxylic acids is 1. The van der Waals surface area contributed by atoms with Gasteiger partial charge in [0.2, 0.25) is 10.0 Å². The predicted octanol–water partition coefficient (Wildman–Crippen LogP) is 1.36. The molecule has 0 aliphatic heterocycles. The summed E-state index contributed by atoms with van der Waals surface area (Å²) in [5, 5.41) is 0. The lowest BCUT2D eigenvalue weighted by molar-refractivity contribution is 0.0827. The molecule has 0 radical (unpaired) electrons. The van der Waals surface area contributed by atoms with Crippen molar-refractivity contribution in [2.45, 2.75) is 42.7 Å². The third-order valence-corrected chi connectivity index (χ3v) is 5.41. The van der Waals surface area contributed by atoms with Crippen LogP contribution in [0.5, 0.6) is 0 Å². The summed E-state index contributed by atoms with van der Waals surface area (Å²) in [7, 11) is -0.357. The Morgan fingerprint density at radius 1 is 1.22 bits per heavy atom. The molecule has 23 heavy (non-hydrogen) atoms. The van der Waals surface area contributed by atoms with Crippen molar-refractivity contribution in [3.8, 4) is 0 Å². The number of benzene rings is 1. The van der Waals surface area contributed by atoms with Crippen LogP contribution in [0.15, 0.2) is 29.2 Å². The second-order valence-electron chi connectivity index (χ2n) is 5.96. The third-order valence-electron chi connectivity index (χ3n) is 3.89. The molecule has 1 aliphatic rings. The summed E-state index contributed by atoms with van der Waals surface area (Å²) in [6.45, 7) is 0. The van der Waals surface area contributed by atoms with Gasteiger partial charge in [-0.3, -0.25) is 4.79 Å². The first-order chi connectivity index (χ1) is 10.3. The molecule has 3 N–H and O–H groups in total. The molecule has 1 fully saturated rings. The van der Waals surface area contributed by atoms with E-state index in [-0.39, 0.29) is 35.3 Å². The first-order valence-corrected chi connectivity index (χ1v) is 8.87. The summed E-state index contributed by atoms with van der Waals surface area (Å²) in [5.74, 6) is -0.222. The molecule has 1 amide bonds. The Bertz CT molecular complexity index is 641. The molecular weight excluding hydrogens is 338 g/mol. The molecule has 1 aromatic carbocycles. The van der Waals surface area contributed by atoms with E-state index < -0.39 is 10.0 Å². The van der Waals surface area contributed by atoms with Gasteiger partial charge in [0, 0.05) is 31.7 Å². The Hall–Kier alpha value is -1.15. The second kappa shape index (κ2) is 8.10. The van der Waals surface area contributed by atoms with Gasteiger partial charge in [-0.2, -0.15) is 0 Å². The van der Waals surface area contributed by atoms with Crippen LogP contribution in [0.25, 0.3) is 0 Å². The van der Waals surface area contributed by atoms with E-state index >= 15 is 0 Å². The van der Waals surface area contributed by atoms with Crippen LogP contribution in [0.3, 0.4) is 0 Å². The molecular formula is C15H24ClN3O3S. The third kappa shape index (κ3) is 5.17. The zero-order valence-corrected chi connectivity index (χ0v) is 15.0.